The van der Waals surface area contributed by atoms with E-state index in [1.807, 2.05) is 0 Å². The minimum Gasteiger partial charge on any atom is -0.335 e. The Morgan fingerprint density at radius 1 is 1.18 bits per heavy atom. The molecule has 2 heterocycles. The van der Waals surface area contributed by atoms with Crippen molar-refractivity contribution in [2.24, 2.45) is 11.3 Å². The second-order valence-corrected chi connectivity index (χ2v) is 6.97. The Morgan fingerprint density at radius 3 is 2.64 bits per heavy atom. The fraction of sp³-hybridized carbons (Fsp3) is 0.611. The lowest BCUT2D eigenvalue weighted by Crippen LogP contribution is -2.36. The quantitative estimate of drug-likeness (QED) is 0.908. The number of nitrogens with one attached hydrogen (secondary N) is 1. The van der Waals surface area contributed by atoms with Crippen LogP contribution in [0.25, 0.3) is 0 Å². The Bertz CT molecular complexity index is 527. The summed E-state index contributed by atoms with van der Waals surface area (Å²) in [5.74, 6) is 0.743. The van der Waals surface area contributed by atoms with E-state index in [0.29, 0.717) is 23.3 Å². The summed E-state index contributed by atoms with van der Waals surface area (Å²) < 4.78 is 0. The van der Waals surface area contributed by atoms with Gasteiger partial charge < -0.3 is 10.2 Å². The Labute approximate surface area is 138 Å². The van der Waals surface area contributed by atoms with Crippen molar-refractivity contribution < 1.29 is 4.79 Å². The van der Waals surface area contributed by atoms with Crippen LogP contribution in [0.2, 0.25) is 0 Å². The topological polar surface area (TPSA) is 32.3 Å². The van der Waals surface area contributed by atoms with Crippen molar-refractivity contribution in [1.82, 2.24) is 10.2 Å². The Balaban J connectivity index is 0.00000144. The molecule has 1 saturated carbocycles. The number of rotatable bonds is 2. The largest absolute Gasteiger partial charge is 0.335 e. The van der Waals surface area contributed by atoms with Gasteiger partial charge in [-0.2, -0.15) is 0 Å². The first-order valence-electron chi connectivity index (χ1n) is 8.36. The maximum absolute atomic E-state index is 13.0. The van der Waals surface area contributed by atoms with E-state index >= 15 is 0 Å². The lowest BCUT2D eigenvalue weighted by atomic mass is 9.91. The van der Waals surface area contributed by atoms with Crippen molar-refractivity contribution in [3.8, 4) is 0 Å². The molecule has 120 valence electrons. The number of likely N-dealkylation sites (tertiary alicyclic amines) is 1. The minimum atomic E-state index is 0. The molecule has 1 amide bonds. The van der Waals surface area contributed by atoms with Crippen molar-refractivity contribution in [3.05, 3.63) is 35.9 Å². The number of carbonyl (C=O) groups is 1. The first-order valence-corrected chi connectivity index (χ1v) is 8.36. The molecule has 0 bridgehead atoms. The molecule has 1 spiro atoms. The SMILES string of the molecule is Cl.O=C(C1CC12CCNCC2)N1CCCC1c1ccccc1. The van der Waals surface area contributed by atoms with Gasteiger partial charge in [0.2, 0.25) is 5.91 Å². The van der Waals surface area contributed by atoms with Gasteiger partial charge in [0.15, 0.2) is 0 Å². The molecule has 4 rings (SSSR count). The molecule has 22 heavy (non-hydrogen) atoms. The van der Waals surface area contributed by atoms with E-state index in [2.05, 4.69) is 40.5 Å². The third-order valence-electron chi connectivity index (χ3n) is 5.81. The smallest absolute Gasteiger partial charge is 0.226 e. The van der Waals surface area contributed by atoms with Crippen LogP contribution in [0, 0.1) is 11.3 Å². The monoisotopic (exact) mass is 320 g/mol. The molecule has 1 aromatic rings. The van der Waals surface area contributed by atoms with Crippen molar-refractivity contribution in [2.75, 3.05) is 19.6 Å². The maximum Gasteiger partial charge on any atom is 0.226 e. The van der Waals surface area contributed by atoms with Crippen molar-refractivity contribution in [2.45, 2.75) is 38.1 Å². The lowest BCUT2D eigenvalue weighted by Gasteiger charge is -2.28. The molecule has 0 aromatic heterocycles. The van der Waals surface area contributed by atoms with Crippen molar-refractivity contribution in [1.29, 1.82) is 0 Å². The standard InChI is InChI=1S/C18H24N2O.ClH/c21-17(15-13-18(15)8-10-19-11-9-18)20-12-4-7-16(20)14-5-2-1-3-6-14;/h1-3,5-6,15-16,19H,4,7-13H2;1H. The van der Waals surface area contributed by atoms with E-state index in [-0.39, 0.29) is 12.4 Å². The highest BCUT2D eigenvalue weighted by molar-refractivity contribution is 5.85. The van der Waals surface area contributed by atoms with Crippen molar-refractivity contribution in [3.63, 3.8) is 0 Å². The fourth-order valence-electron chi connectivity index (χ4n) is 4.43. The summed E-state index contributed by atoms with van der Waals surface area (Å²) >= 11 is 0. The number of amides is 1. The molecule has 2 saturated heterocycles. The molecule has 1 N–H and O–H groups in total. The molecule has 1 aliphatic carbocycles. The van der Waals surface area contributed by atoms with Gasteiger partial charge in [-0.05, 0) is 56.2 Å². The maximum atomic E-state index is 13.0. The molecule has 1 aromatic carbocycles. The number of halogens is 1. The van der Waals surface area contributed by atoms with E-state index < -0.39 is 0 Å². The van der Waals surface area contributed by atoms with Crippen LogP contribution in [0.5, 0.6) is 0 Å². The van der Waals surface area contributed by atoms with Gasteiger partial charge in [0, 0.05) is 12.5 Å². The molecule has 2 unspecified atom stereocenters. The normalized spacial score (nSPS) is 29.2. The second kappa shape index (κ2) is 6.21. The number of hydrogen-bond acceptors (Lipinski definition) is 2. The van der Waals surface area contributed by atoms with Gasteiger partial charge in [0.25, 0.3) is 0 Å². The van der Waals surface area contributed by atoms with Crippen LogP contribution in [-0.2, 0) is 4.79 Å². The number of piperidine rings is 1. The molecule has 0 radical (unpaired) electrons. The Morgan fingerprint density at radius 2 is 1.91 bits per heavy atom. The highest BCUT2D eigenvalue weighted by atomic mass is 35.5. The van der Waals surface area contributed by atoms with Crippen LogP contribution >= 0.6 is 12.4 Å². The summed E-state index contributed by atoms with van der Waals surface area (Å²) in [6.07, 6.45) is 5.77. The fourth-order valence-corrected chi connectivity index (χ4v) is 4.43. The van der Waals surface area contributed by atoms with E-state index in [4.69, 9.17) is 0 Å². The summed E-state index contributed by atoms with van der Waals surface area (Å²) in [4.78, 5) is 15.1. The average molecular weight is 321 g/mol. The molecular weight excluding hydrogens is 296 g/mol. The van der Waals surface area contributed by atoms with Gasteiger partial charge in [0.05, 0.1) is 6.04 Å². The summed E-state index contributed by atoms with van der Waals surface area (Å²) in [6, 6.07) is 10.9. The lowest BCUT2D eigenvalue weighted by molar-refractivity contribution is -0.134. The van der Waals surface area contributed by atoms with Crippen LogP contribution in [0.4, 0.5) is 0 Å². The van der Waals surface area contributed by atoms with Crippen molar-refractivity contribution >= 4 is 18.3 Å². The Kier molecular flexibility index (Phi) is 4.47. The molecule has 3 fully saturated rings. The van der Waals surface area contributed by atoms with Gasteiger partial charge in [-0.15, -0.1) is 12.4 Å². The van der Waals surface area contributed by atoms with Gasteiger partial charge in [-0.3, -0.25) is 4.79 Å². The van der Waals surface area contributed by atoms with Crippen LogP contribution < -0.4 is 5.32 Å². The molecule has 2 aliphatic heterocycles. The van der Waals surface area contributed by atoms with Crippen LogP contribution in [0.15, 0.2) is 30.3 Å². The highest BCUT2D eigenvalue weighted by Crippen LogP contribution is 2.59. The zero-order valence-corrected chi connectivity index (χ0v) is 13.8. The highest BCUT2D eigenvalue weighted by Gasteiger charge is 2.59. The summed E-state index contributed by atoms with van der Waals surface area (Å²) in [5.41, 5.74) is 1.66. The first kappa shape index (κ1) is 15.8. The van der Waals surface area contributed by atoms with E-state index in [1.54, 1.807) is 0 Å². The molecule has 3 nitrogen and oxygen atoms in total. The minimum absolute atomic E-state index is 0. The summed E-state index contributed by atoms with van der Waals surface area (Å²) in [6.45, 7) is 3.13. The van der Waals surface area contributed by atoms with Gasteiger partial charge in [-0.1, -0.05) is 30.3 Å². The van der Waals surface area contributed by atoms with Crippen LogP contribution in [0.3, 0.4) is 0 Å². The summed E-state index contributed by atoms with van der Waals surface area (Å²) in [7, 11) is 0. The number of benzene rings is 1. The van der Waals surface area contributed by atoms with E-state index in [1.165, 1.54) is 18.4 Å². The number of hydrogen-bond donors (Lipinski definition) is 1. The Hall–Kier alpha value is -1.06. The molecule has 2 atom stereocenters. The molecule has 4 heteroatoms. The van der Waals surface area contributed by atoms with E-state index in [9.17, 15) is 4.79 Å². The average Bonchev–Trinajstić information content (AvgIpc) is 3.01. The first-order chi connectivity index (χ1) is 10.3. The van der Waals surface area contributed by atoms with Crippen LogP contribution in [0.1, 0.15) is 43.7 Å². The number of nitrogens with zero attached hydrogens (tertiary/aromatic N) is 1. The molecular formula is C18H25ClN2O. The predicted molar refractivity (Wildman–Crippen MR) is 90.0 cm³/mol. The van der Waals surface area contributed by atoms with E-state index in [0.717, 1.165) is 38.9 Å². The summed E-state index contributed by atoms with van der Waals surface area (Å²) in [5, 5.41) is 3.42. The predicted octanol–water partition coefficient (Wildman–Crippen LogP) is 3.16. The second-order valence-electron chi connectivity index (χ2n) is 6.97. The number of carbonyl (C=O) groups excluding carboxylic acids is 1. The zero-order chi connectivity index (χ0) is 14.3. The van der Waals surface area contributed by atoms with Gasteiger partial charge in [0.1, 0.15) is 0 Å². The van der Waals surface area contributed by atoms with Gasteiger partial charge in [-0.25, -0.2) is 0 Å². The molecule has 3 aliphatic rings. The third kappa shape index (κ3) is 2.65. The third-order valence-corrected chi connectivity index (χ3v) is 5.81. The van der Waals surface area contributed by atoms with Gasteiger partial charge >= 0.3 is 0 Å². The zero-order valence-electron chi connectivity index (χ0n) is 13.0. The van der Waals surface area contributed by atoms with Crippen LogP contribution in [-0.4, -0.2) is 30.4 Å².